The number of nitrogens with zero attached hydrogens (tertiary/aromatic N) is 3. The second-order valence-electron chi connectivity index (χ2n) is 7.99. The lowest BCUT2D eigenvalue weighted by atomic mass is 9.85. The lowest BCUT2D eigenvalue weighted by Crippen LogP contribution is -2.58. The fraction of sp³-hybridized carbons (Fsp3) is 0.636. The Labute approximate surface area is 178 Å². The van der Waals surface area contributed by atoms with Crippen molar-refractivity contribution in [3.63, 3.8) is 0 Å². The Kier molecular flexibility index (Phi) is 7.60. The molecule has 2 saturated heterocycles. The van der Waals surface area contributed by atoms with E-state index in [1.807, 2.05) is 34.9 Å². The monoisotopic (exact) mass is 419 g/mol. The Morgan fingerprint density at radius 2 is 1.83 bits per heavy atom. The van der Waals surface area contributed by atoms with Crippen LogP contribution in [0.25, 0.3) is 0 Å². The topological polar surface area (TPSA) is 53.1 Å². The van der Waals surface area contributed by atoms with Crippen LogP contribution in [0.1, 0.15) is 25.3 Å². The molecule has 160 valence electrons. The van der Waals surface area contributed by atoms with Crippen molar-refractivity contribution in [1.82, 2.24) is 14.7 Å². The number of benzene rings is 1. The summed E-state index contributed by atoms with van der Waals surface area (Å²) in [7, 11) is 1.60. The van der Waals surface area contributed by atoms with Crippen molar-refractivity contribution in [3.05, 3.63) is 35.9 Å². The average molecular weight is 420 g/mol. The van der Waals surface area contributed by atoms with Gasteiger partial charge in [0, 0.05) is 38.5 Å². The molecule has 0 bridgehead atoms. The summed E-state index contributed by atoms with van der Waals surface area (Å²) in [4.78, 5) is 32.3. The summed E-state index contributed by atoms with van der Waals surface area (Å²) in [6.45, 7) is 5.20. The van der Waals surface area contributed by atoms with E-state index in [9.17, 15) is 9.59 Å². The molecule has 2 aliphatic rings. The van der Waals surface area contributed by atoms with Crippen molar-refractivity contribution in [2.45, 2.75) is 37.8 Å². The van der Waals surface area contributed by atoms with Crippen LogP contribution in [0.15, 0.2) is 30.3 Å². The quantitative estimate of drug-likeness (QED) is 0.576. The van der Waals surface area contributed by atoms with Gasteiger partial charge in [-0.2, -0.15) is 11.8 Å². The zero-order valence-electron chi connectivity index (χ0n) is 17.8. The van der Waals surface area contributed by atoms with Gasteiger partial charge in [-0.25, -0.2) is 4.79 Å². The standard InChI is InChI=1S/C22H33N3O3S/c1-18(17-29-3)23-13-10-22(11-14-23)20(26)24(15-16-28-2)21(27)25(22)12-9-19-7-5-4-6-8-19/h4-8,18H,9-17H2,1-3H3. The van der Waals surface area contributed by atoms with Crippen LogP contribution in [0.2, 0.25) is 0 Å². The molecule has 29 heavy (non-hydrogen) atoms. The zero-order chi connectivity index (χ0) is 20.9. The number of likely N-dealkylation sites (tertiary alicyclic amines) is 1. The average Bonchev–Trinajstić information content (AvgIpc) is 2.92. The van der Waals surface area contributed by atoms with Crippen molar-refractivity contribution in [1.29, 1.82) is 0 Å². The highest BCUT2D eigenvalue weighted by molar-refractivity contribution is 7.98. The maximum atomic E-state index is 13.4. The molecule has 1 atom stereocenters. The molecule has 1 spiro atoms. The van der Waals surface area contributed by atoms with Gasteiger partial charge >= 0.3 is 6.03 Å². The molecule has 0 aliphatic carbocycles. The largest absolute Gasteiger partial charge is 0.383 e. The molecule has 0 saturated carbocycles. The number of imide groups is 1. The molecular formula is C22H33N3O3S. The highest BCUT2D eigenvalue weighted by Gasteiger charge is 2.57. The van der Waals surface area contributed by atoms with Crippen LogP contribution in [0.4, 0.5) is 4.79 Å². The predicted molar refractivity (Wildman–Crippen MR) is 117 cm³/mol. The minimum absolute atomic E-state index is 0.0372. The van der Waals surface area contributed by atoms with Gasteiger partial charge in [-0.3, -0.25) is 14.6 Å². The van der Waals surface area contributed by atoms with Gasteiger partial charge in [-0.05, 0) is 38.0 Å². The minimum atomic E-state index is -0.699. The fourth-order valence-electron chi connectivity index (χ4n) is 4.52. The Morgan fingerprint density at radius 3 is 2.45 bits per heavy atom. The Balaban J connectivity index is 1.77. The van der Waals surface area contributed by atoms with Gasteiger partial charge in [0.05, 0.1) is 13.2 Å². The number of amides is 3. The first-order valence-electron chi connectivity index (χ1n) is 10.4. The molecule has 0 aromatic heterocycles. The second kappa shape index (κ2) is 9.96. The molecule has 6 nitrogen and oxygen atoms in total. The minimum Gasteiger partial charge on any atom is -0.383 e. The lowest BCUT2D eigenvalue weighted by Gasteiger charge is -2.44. The van der Waals surface area contributed by atoms with Crippen LogP contribution in [-0.2, 0) is 16.0 Å². The molecule has 0 N–H and O–H groups in total. The van der Waals surface area contributed by atoms with Crippen LogP contribution in [0.3, 0.4) is 0 Å². The molecular weight excluding hydrogens is 386 g/mol. The summed E-state index contributed by atoms with van der Waals surface area (Å²) < 4.78 is 5.14. The van der Waals surface area contributed by atoms with E-state index in [1.165, 1.54) is 10.5 Å². The summed E-state index contributed by atoms with van der Waals surface area (Å²) in [5, 5.41) is 0. The van der Waals surface area contributed by atoms with Crippen LogP contribution >= 0.6 is 11.8 Å². The third kappa shape index (κ3) is 4.62. The molecule has 3 amide bonds. The van der Waals surface area contributed by atoms with Gasteiger partial charge in [-0.15, -0.1) is 0 Å². The molecule has 1 unspecified atom stereocenters. The number of thioether (sulfide) groups is 1. The molecule has 1 aromatic carbocycles. The van der Waals surface area contributed by atoms with Gasteiger partial charge in [0.25, 0.3) is 5.91 Å². The normalized spacial score (nSPS) is 20.7. The molecule has 1 aromatic rings. The number of urea groups is 1. The highest BCUT2D eigenvalue weighted by atomic mass is 32.2. The van der Waals surface area contributed by atoms with E-state index in [0.29, 0.717) is 38.6 Å². The van der Waals surface area contributed by atoms with E-state index in [0.717, 1.165) is 25.3 Å². The molecule has 0 radical (unpaired) electrons. The molecule has 2 fully saturated rings. The maximum Gasteiger partial charge on any atom is 0.327 e. The first-order chi connectivity index (χ1) is 14.0. The van der Waals surface area contributed by atoms with Crippen molar-refractivity contribution >= 4 is 23.7 Å². The van der Waals surface area contributed by atoms with Crippen molar-refractivity contribution in [2.24, 2.45) is 0 Å². The smallest absolute Gasteiger partial charge is 0.327 e. The van der Waals surface area contributed by atoms with E-state index < -0.39 is 5.54 Å². The summed E-state index contributed by atoms with van der Waals surface area (Å²) in [6.07, 6.45) is 4.29. The number of rotatable bonds is 9. The van der Waals surface area contributed by atoms with E-state index in [1.54, 1.807) is 7.11 Å². The van der Waals surface area contributed by atoms with E-state index >= 15 is 0 Å². The third-order valence-corrected chi connectivity index (χ3v) is 7.08. The first kappa shape index (κ1) is 22.1. The number of piperidine rings is 1. The SMILES string of the molecule is COCCN1C(=O)N(CCc2ccccc2)C2(CCN(C(C)CSC)CC2)C1=O. The van der Waals surface area contributed by atoms with Gasteiger partial charge < -0.3 is 9.64 Å². The zero-order valence-corrected chi connectivity index (χ0v) is 18.6. The molecule has 2 heterocycles. The number of methoxy groups -OCH3 is 1. The number of hydrogen-bond donors (Lipinski definition) is 0. The molecule has 7 heteroatoms. The number of carbonyl (C=O) groups excluding carboxylic acids is 2. The summed E-state index contributed by atoms with van der Waals surface area (Å²) in [5.74, 6) is 1.04. The fourth-order valence-corrected chi connectivity index (χ4v) is 5.22. The van der Waals surface area contributed by atoms with Gasteiger partial charge in [0.15, 0.2) is 0 Å². The van der Waals surface area contributed by atoms with Crippen molar-refractivity contribution in [3.8, 4) is 0 Å². The number of carbonyl (C=O) groups is 2. The van der Waals surface area contributed by atoms with E-state index in [-0.39, 0.29) is 11.9 Å². The first-order valence-corrected chi connectivity index (χ1v) is 11.8. The third-order valence-electron chi connectivity index (χ3n) is 6.26. The van der Waals surface area contributed by atoms with Crippen LogP contribution in [0.5, 0.6) is 0 Å². The second-order valence-corrected chi connectivity index (χ2v) is 8.90. The Hall–Kier alpha value is -1.57. The van der Waals surface area contributed by atoms with Gasteiger partial charge in [0.2, 0.25) is 0 Å². The number of ether oxygens (including phenoxy) is 1. The van der Waals surface area contributed by atoms with Crippen molar-refractivity contribution in [2.75, 3.05) is 51.9 Å². The summed E-state index contributed by atoms with van der Waals surface area (Å²) in [5.41, 5.74) is 0.485. The van der Waals surface area contributed by atoms with Crippen molar-refractivity contribution < 1.29 is 14.3 Å². The van der Waals surface area contributed by atoms with E-state index in [4.69, 9.17) is 4.74 Å². The van der Waals surface area contributed by atoms with Gasteiger partial charge in [0.1, 0.15) is 5.54 Å². The van der Waals surface area contributed by atoms with E-state index in [2.05, 4.69) is 30.2 Å². The maximum absolute atomic E-state index is 13.4. The van der Waals surface area contributed by atoms with Gasteiger partial charge in [-0.1, -0.05) is 30.3 Å². The van der Waals surface area contributed by atoms with Crippen LogP contribution in [-0.4, -0.2) is 90.1 Å². The summed E-state index contributed by atoms with van der Waals surface area (Å²) >= 11 is 1.85. The summed E-state index contributed by atoms with van der Waals surface area (Å²) in [6, 6.07) is 10.5. The Bertz CT molecular complexity index is 692. The lowest BCUT2D eigenvalue weighted by molar-refractivity contribution is -0.136. The predicted octanol–water partition coefficient (Wildman–Crippen LogP) is 2.73. The molecule has 3 rings (SSSR count). The highest BCUT2D eigenvalue weighted by Crippen LogP contribution is 2.38. The Morgan fingerprint density at radius 1 is 1.14 bits per heavy atom. The van der Waals surface area contributed by atoms with Crippen LogP contribution in [0, 0.1) is 0 Å². The van der Waals surface area contributed by atoms with Crippen LogP contribution < -0.4 is 0 Å². The number of hydrogen-bond acceptors (Lipinski definition) is 5. The molecule has 2 aliphatic heterocycles.